The standard InChI is InChI=1S/C11H14O3/c1-3-11(13,10(12)14-2)9-7-5-4-6-8-9/h4-8,13H,3H2,1-2H3/t11-/m0/s1. The van der Waals surface area contributed by atoms with Crippen molar-refractivity contribution in [1.82, 2.24) is 0 Å². The van der Waals surface area contributed by atoms with E-state index in [-0.39, 0.29) is 0 Å². The topological polar surface area (TPSA) is 46.5 Å². The summed E-state index contributed by atoms with van der Waals surface area (Å²) >= 11 is 0. The molecule has 1 N–H and O–H groups in total. The van der Waals surface area contributed by atoms with E-state index in [1.165, 1.54) is 7.11 Å². The Hall–Kier alpha value is -1.35. The molecule has 0 heterocycles. The summed E-state index contributed by atoms with van der Waals surface area (Å²) in [6, 6.07) is 8.80. The van der Waals surface area contributed by atoms with Crippen LogP contribution in [0.2, 0.25) is 0 Å². The second kappa shape index (κ2) is 4.24. The number of benzene rings is 1. The average Bonchev–Trinajstić information content (AvgIpc) is 2.28. The molecule has 0 spiro atoms. The van der Waals surface area contributed by atoms with Gasteiger partial charge in [-0.1, -0.05) is 37.3 Å². The van der Waals surface area contributed by atoms with Crippen LogP contribution in [0.15, 0.2) is 30.3 Å². The lowest BCUT2D eigenvalue weighted by Crippen LogP contribution is -2.35. The van der Waals surface area contributed by atoms with Gasteiger partial charge in [-0.2, -0.15) is 0 Å². The fourth-order valence-electron chi connectivity index (χ4n) is 1.35. The van der Waals surface area contributed by atoms with Gasteiger partial charge < -0.3 is 9.84 Å². The van der Waals surface area contributed by atoms with E-state index in [0.717, 1.165) is 0 Å². The van der Waals surface area contributed by atoms with Crippen molar-refractivity contribution in [3.8, 4) is 0 Å². The molecule has 0 aromatic heterocycles. The summed E-state index contributed by atoms with van der Waals surface area (Å²) in [5.74, 6) is -0.619. The maximum absolute atomic E-state index is 11.4. The molecular weight excluding hydrogens is 180 g/mol. The Labute approximate surface area is 83.3 Å². The first-order chi connectivity index (χ1) is 6.65. The highest BCUT2D eigenvalue weighted by Gasteiger charge is 2.36. The summed E-state index contributed by atoms with van der Waals surface area (Å²) in [5, 5.41) is 10.1. The van der Waals surface area contributed by atoms with Crippen LogP contribution in [0, 0.1) is 0 Å². The molecule has 0 fully saturated rings. The van der Waals surface area contributed by atoms with Gasteiger partial charge in [-0.15, -0.1) is 0 Å². The molecule has 0 aliphatic heterocycles. The minimum absolute atomic E-state index is 0.295. The van der Waals surface area contributed by atoms with E-state index in [1.54, 1.807) is 31.2 Å². The molecule has 0 saturated heterocycles. The predicted molar refractivity (Wildman–Crippen MR) is 52.6 cm³/mol. The molecule has 1 rings (SSSR count). The number of ether oxygens (including phenoxy) is 1. The molecule has 0 unspecified atom stereocenters. The number of esters is 1. The van der Waals surface area contributed by atoms with Crippen molar-refractivity contribution in [3.05, 3.63) is 35.9 Å². The summed E-state index contributed by atoms with van der Waals surface area (Å²) in [7, 11) is 1.27. The van der Waals surface area contributed by atoms with E-state index in [2.05, 4.69) is 4.74 Å². The number of hydrogen-bond donors (Lipinski definition) is 1. The zero-order valence-electron chi connectivity index (χ0n) is 8.36. The zero-order valence-corrected chi connectivity index (χ0v) is 8.36. The molecule has 3 heteroatoms. The Balaban J connectivity index is 3.08. The molecule has 0 aliphatic rings. The van der Waals surface area contributed by atoms with E-state index in [4.69, 9.17) is 0 Å². The Morgan fingerprint density at radius 3 is 2.43 bits per heavy atom. The second-order valence-corrected chi connectivity index (χ2v) is 3.07. The Kier molecular flexibility index (Phi) is 3.25. The van der Waals surface area contributed by atoms with Gasteiger partial charge in [0.05, 0.1) is 7.11 Å². The SMILES string of the molecule is CC[C@@](O)(C(=O)OC)c1ccccc1. The van der Waals surface area contributed by atoms with Gasteiger partial charge in [-0.3, -0.25) is 0 Å². The van der Waals surface area contributed by atoms with Crippen molar-refractivity contribution < 1.29 is 14.6 Å². The highest BCUT2D eigenvalue weighted by Crippen LogP contribution is 2.25. The third-order valence-electron chi connectivity index (χ3n) is 2.29. The van der Waals surface area contributed by atoms with E-state index >= 15 is 0 Å². The quantitative estimate of drug-likeness (QED) is 0.741. The first kappa shape index (κ1) is 10.7. The van der Waals surface area contributed by atoms with Crippen LogP contribution in [-0.2, 0) is 15.1 Å². The van der Waals surface area contributed by atoms with E-state index in [0.29, 0.717) is 12.0 Å². The molecule has 1 atom stereocenters. The van der Waals surface area contributed by atoms with Crippen molar-refractivity contribution >= 4 is 5.97 Å². The first-order valence-corrected chi connectivity index (χ1v) is 4.51. The lowest BCUT2D eigenvalue weighted by molar-refractivity contribution is -0.164. The molecule has 1 aromatic rings. The van der Waals surface area contributed by atoms with E-state index < -0.39 is 11.6 Å². The average molecular weight is 194 g/mol. The van der Waals surface area contributed by atoms with Gasteiger partial charge >= 0.3 is 5.97 Å². The monoisotopic (exact) mass is 194 g/mol. The molecule has 0 bridgehead atoms. The minimum atomic E-state index is -1.52. The maximum atomic E-state index is 11.4. The van der Waals surface area contributed by atoms with E-state index in [1.807, 2.05) is 6.07 Å². The van der Waals surface area contributed by atoms with Crippen molar-refractivity contribution in [2.24, 2.45) is 0 Å². The van der Waals surface area contributed by atoms with Crippen LogP contribution < -0.4 is 0 Å². The van der Waals surface area contributed by atoms with Gasteiger partial charge in [0.1, 0.15) is 0 Å². The Bertz CT molecular complexity index is 308. The molecule has 14 heavy (non-hydrogen) atoms. The van der Waals surface area contributed by atoms with E-state index in [9.17, 15) is 9.90 Å². The fraction of sp³-hybridized carbons (Fsp3) is 0.364. The molecule has 0 saturated carbocycles. The second-order valence-electron chi connectivity index (χ2n) is 3.07. The summed E-state index contributed by atoms with van der Waals surface area (Å²) in [4.78, 5) is 11.4. The highest BCUT2D eigenvalue weighted by molar-refractivity contribution is 5.80. The van der Waals surface area contributed by atoms with Crippen LogP contribution >= 0.6 is 0 Å². The van der Waals surface area contributed by atoms with Gasteiger partial charge in [0.25, 0.3) is 0 Å². The van der Waals surface area contributed by atoms with Crippen LogP contribution in [0.1, 0.15) is 18.9 Å². The summed E-state index contributed by atoms with van der Waals surface area (Å²) in [6.45, 7) is 1.74. The van der Waals surface area contributed by atoms with Gasteiger partial charge in [0, 0.05) is 0 Å². The van der Waals surface area contributed by atoms with Crippen LogP contribution in [0.25, 0.3) is 0 Å². The minimum Gasteiger partial charge on any atom is -0.467 e. The smallest absolute Gasteiger partial charge is 0.342 e. The molecule has 0 radical (unpaired) electrons. The fourth-order valence-corrected chi connectivity index (χ4v) is 1.35. The summed E-state index contributed by atoms with van der Waals surface area (Å²) in [6.07, 6.45) is 0.295. The summed E-state index contributed by atoms with van der Waals surface area (Å²) < 4.78 is 4.57. The molecule has 0 amide bonds. The largest absolute Gasteiger partial charge is 0.467 e. The number of hydrogen-bond acceptors (Lipinski definition) is 3. The zero-order chi connectivity index (χ0) is 10.6. The van der Waals surface area contributed by atoms with Crippen molar-refractivity contribution in [3.63, 3.8) is 0 Å². The molecule has 0 aliphatic carbocycles. The van der Waals surface area contributed by atoms with Gasteiger partial charge in [-0.05, 0) is 12.0 Å². The number of rotatable bonds is 3. The van der Waals surface area contributed by atoms with Crippen LogP contribution in [-0.4, -0.2) is 18.2 Å². The van der Waals surface area contributed by atoms with Crippen LogP contribution in [0.5, 0.6) is 0 Å². The number of carbonyl (C=O) groups is 1. The van der Waals surface area contributed by atoms with Crippen LogP contribution in [0.4, 0.5) is 0 Å². The summed E-state index contributed by atoms with van der Waals surface area (Å²) in [5.41, 5.74) is -0.954. The first-order valence-electron chi connectivity index (χ1n) is 4.51. The lowest BCUT2D eigenvalue weighted by Gasteiger charge is -2.23. The van der Waals surface area contributed by atoms with Crippen molar-refractivity contribution in [2.75, 3.05) is 7.11 Å². The molecule has 1 aromatic carbocycles. The number of methoxy groups -OCH3 is 1. The maximum Gasteiger partial charge on any atom is 0.342 e. The number of aliphatic hydroxyl groups is 1. The lowest BCUT2D eigenvalue weighted by atomic mass is 9.91. The van der Waals surface area contributed by atoms with Gasteiger partial charge in [-0.25, -0.2) is 4.79 Å². The Morgan fingerprint density at radius 2 is 2.00 bits per heavy atom. The van der Waals surface area contributed by atoms with Crippen LogP contribution in [0.3, 0.4) is 0 Å². The van der Waals surface area contributed by atoms with Crippen molar-refractivity contribution in [1.29, 1.82) is 0 Å². The third-order valence-corrected chi connectivity index (χ3v) is 2.29. The predicted octanol–water partition coefficient (Wildman–Crippen LogP) is 1.46. The molecule has 3 nitrogen and oxygen atoms in total. The van der Waals surface area contributed by atoms with Crippen molar-refractivity contribution in [2.45, 2.75) is 18.9 Å². The van der Waals surface area contributed by atoms with Gasteiger partial charge in [0.15, 0.2) is 5.60 Å². The third kappa shape index (κ3) is 1.77. The highest BCUT2D eigenvalue weighted by atomic mass is 16.5. The normalized spacial score (nSPS) is 14.5. The Morgan fingerprint density at radius 1 is 1.43 bits per heavy atom. The van der Waals surface area contributed by atoms with Gasteiger partial charge in [0.2, 0.25) is 0 Å². The number of carbonyl (C=O) groups excluding carboxylic acids is 1. The molecule has 76 valence electrons. The molecular formula is C11H14O3.